The molecule has 29 heavy (non-hydrogen) atoms. The maximum atomic E-state index is 12.5. The van der Waals surface area contributed by atoms with Crippen molar-refractivity contribution in [1.82, 2.24) is 15.0 Å². The van der Waals surface area contributed by atoms with Crippen LogP contribution in [0.4, 0.5) is 0 Å². The fraction of sp³-hybridized carbons (Fsp3) is 0.100. The van der Waals surface area contributed by atoms with Crippen LogP contribution in [0.25, 0.3) is 0 Å². The molecule has 0 aromatic heterocycles. The fourth-order valence-electron chi connectivity index (χ4n) is 2.62. The molecule has 0 aliphatic rings. The van der Waals surface area contributed by atoms with Gasteiger partial charge in [0.25, 0.3) is 10.0 Å². The van der Waals surface area contributed by atoms with Gasteiger partial charge in [-0.3, -0.25) is 0 Å². The highest BCUT2D eigenvalue weighted by Crippen LogP contribution is 2.14. The van der Waals surface area contributed by atoms with Crippen molar-refractivity contribution in [3.05, 3.63) is 96.6 Å². The Balaban J connectivity index is 1.76. The van der Waals surface area contributed by atoms with Crippen LogP contribution in [0.2, 0.25) is 0 Å². The number of benzene rings is 3. The summed E-state index contributed by atoms with van der Waals surface area (Å²) in [5.41, 5.74) is 3.46. The molecule has 0 spiro atoms. The molecule has 0 aliphatic carbocycles. The van der Waals surface area contributed by atoms with E-state index in [2.05, 4.69) is 15.0 Å². The predicted octanol–water partition coefficient (Wildman–Crippen LogP) is 2.19. The summed E-state index contributed by atoms with van der Waals surface area (Å²) in [6.45, 7) is -0.0570. The number of nitrogens with one attached hydrogen (secondary N) is 3. The summed E-state index contributed by atoms with van der Waals surface area (Å²) in [6, 6.07) is 24.2. The molecule has 0 saturated carbocycles. The Bertz CT molecular complexity index is 1050. The van der Waals surface area contributed by atoms with Crippen LogP contribution < -0.4 is 15.0 Å². The molecule has 0 fully saturated rings. The molecule has 0 amide bonds. The van der Waals surface area contributed by atoms with Gasteiger partial charge in [0, 0.05) is 6.54 Å². The standard InChI is InChI=1S/C20H21N3O4S2/c24-28(25,18-12-6-2-7-13-18)21-16-20(17-10-4-1-5-11-17)22-23-29(26,27)19-14-8-3-9-15-19/h1-15,20-23H,16H2/t20-/m1/s1. The first kappa shape index (κ1) is 21.2. The Kier molecular flexibility index (Phi) is 6.78. The third-order valence-corrected chi connectivity index (χ3v) is 6.87. The topological polar surface area (TPSA) is 104 Å². The molecule has 0 bridgehead atoms. The zero-order chi connectivity index (χ0) is 20.7. The van der Waals surface area contributed by atoms with Crippen molar-refractivity contribution in [1.29, 1.82) is 0 Å². The summed E-state index contributed by atoms with van der Waals surface area (Å²) in [6.07, 6.45) is 0. The minimum absolute atomic E-state index is 0.0570. The van der Waals surface area contributed by atoms with E-state index >= 15 is 0 Å². The molecule has 3 N–H and O–H groups in total. The first-order valence-electron chi connectivity index (χ1n) is 8.80. The van der Waals surface area contributed by atoms with E-state index in [1.54, 1.807) is 60.7 Å². The van der Waals surface area contributed by atoms with Crippen LogP contribution >= 0.6 is 0 Å². The smallest absolute Gasteiger partial charge is 0.235 e. The van der Waals surface area contributed by atoms with Crippen LogP contribution in [0.1, 0.15) is 11.6 Å². The Morgan fingerprint density at radius 1 is 0.621 bits per heavy atom. The molecule has 0 unspecified atom stereocenters. The number of hydrazine groups is 1. The summed E-state index contributed by atoms with van der Waals surface area (Å²) < 4.78 is 52.5. The van der Waals surface area contributed by atoms with E-state index in [9.17, 15) is 16.8 Å². The second-order valence-corrected chi connectivity index (χ2v) is 9.64. The zero-order valence-electron chi connectivity index (χ0n) is 15.4. The molecule has 7 nitrogen and oxygen atoms in total. The van der Waals surface area contributed by atoms with E-state index in [1.165, 1.54) is 24.3 Å². The summed E-state index contributed by atoms with van der Waals surface area (Å²) in [5, 5.41) is 0. The quantitative estimate of drug-likeness (QED) is 0.451. The Morgan fingerprint density at radius 2 is 1.07 bits per heavy atom. The molecule has 152 valence electrons. The molecule has 3 aromatic rings. The van der Waals surface area contributed by atoms with Crippen molar-refractivity contribution in [2.45, 2.75) is 15.8 Å². The van der Waals surface area contributed by atoms with E-state index in [-0.39, 0.29) is 16.3 Å². The zero-order valence-corrected chi connectivity index (χ0v) is 17.0. The summed E-state index contributed by atoms with van der Waals surface area (Å²) in [7, 11) is -7.54. The molecule has 0 aliphatic heterocycles. The molecule has 0 saturated heterocycles. The minimum Gasteiger partial charge on any atom is -0.235 e. The predicted molar refractivity (Wildman–Crippen MR) is 111 cm³/mol. The Labute approximate surface area is 170 Å². The van der Waals surface area contributed by atoms with E-state index in [0.29, 0.717) is 0 Å². The Hall–Kier alpha value is -2.56. The highest BCUT2D eigenvalue weighted by Gasteiger charge is 2.20. The van der Waals surface area contributed by atoms with Crippen LogP contribution in [-0.4, -0.2) is 23.4 Å². The van der Waals surface area contributed by atoms with Gasteiger partial charge in [-0.25, -0.2) is 27.0 Å². The number of sulfonamides is 2. The number of hydrogen-bond donors (Lipinski definition) is 3. The molecule has 0 heterocycles. The molecular weight excluding hydrogens is 410 g/mol. The van der Waals surface area contributed by atoms with Crippen molar-refractivity contribution in [2.24, 2.45) is 0 Å². The summed E-state index contributed by atoms with van der Waals surface area (Å²) in [5.74, 6) is 0. The van der Waals surface area contributed by atoms with Gasteiger partial charge < -0.3 is 0 Å². The van der Waals surface area contributed by atoms with Crippen LogP contribution in [0.3, 0.4) is 0 Å². The lowest BCUT2D eigenvalue weighted by molar-refractivity contribution is 0.482. The number of hydrogen-bond acceptors (Lipinski definition) is 5. The maximum absolute atomic E-state index is 12.5. The monoisotopic (exact) mass is 431 g/mol. The van der Waals surface area contributed by atoms with Crippen LogP contribution in [0, 0.1) is 0 Å². The van der Waals surface area contributed by atoms with Gasteiger partial charge in [-0.15, -0.1) is 4.83 Å². The van der Waals surface area contributed by atoms with Crippen molar-refractivity contribution >= 4 is 20.0 Å². The van der Waals surface area contributed by atoms with Gasteiger partial charge in [-0.2, -0.15) is 0 Å². The van der Waals surface area contributed by atoms with Gasteiger partial charge in [0.1, 0.15) is 0 Å². The highest BCUT2D eigenvalue weighted by molar-refractivity contribution is 7.89. The summed E-state index contributed by atoms with van der Waals surface area (Å²) in [4.78, 5) is 2.57. The summed E-state index contributed by atoms with van der Waals surface area (Å²) >= 11 is 0. The molecule has 0 radical (unpaired) electrons. The average Bonchev–Trinajstić information content (AvgIpc) is 2.75. The van der Waals surface area contributed by atoms with E-state index in [0.717, 1.165) is 5.56 Å². The van der Waals surface area contributed by atoms with Crippen LogP contribution in [-0.2, 0) is 20.0 Å². The lowest BCUT2D eigenvalue weighted by atomic mass is 10.1. The van der Waals surface area contributed by atoms with Gasteiger partial charge in [0.15, 0.2) is 0 Å². The van der Waals surface area contributed by atoms with Crippen LogP contribution in [0.5, 0.6) is 0 Å². The lowest BCUT2D eigenvalue weighted by Gasteiger charge is -2.20. The highest BCUT2D eigenvalue weighted by atomic mass is 32.2. The number of rotatable bonds is 9. The fourth-order valence-corrected chi connectivity index (χ4v) is 4.62. The molecule has 1 atom stereocenters. The van der Waals surface area contributed by atoms with Gasteiger partial charge in [0.2, 0.25) is 10.0 Å². The van der Waals surface area contributed by atoms with Crippen molar-refractivity contribution < 1.29 is 16.8 Å². The molecule has 3 rings (SSSR count). The van der Waals surface area contributed by atoms with Crippen LogP contribution in [0.15, 0.2) is 101 Å². The third-order valence-electron chi connectivity index (χ3n) is 4.15. The largest absolute Gasteiger partial charge is 0.253 e. The molecule has 3 aromatic carbocycles. The Morgan fingerprint density at radius 3 is 1.59 bits per heavy atom. The van der Waals surface area contributed by atoms with Gasteiger partial charge in [-0.05, 0) is 29.8 Å². The normalized spacial score (nSPS) is 13.1. The van der Waals surface area contributed by atoms with E-state index < -0.39 is 26.1 Å². The second-order valence-electron chi connectivity index (χ2n) is 6.19. The van der Waals surface area contributed by atoms with E-state index in [1.807, 2.05) is 6.07 Å². The van der Waals surface area contributed by atoms with Crippen molar-refractivity contribution in [3.8, 4) is 0 Å². The SMILES string of the molecule is O=S(=O)(NC[C@@H](NNS(=O)(=O)c1ccccc1)c1ccccc1)c1ccccc1. The van der Waals surface area contributed by atoms with Gasteiger partial charge >= 0.3 is 0 Å². The maximum Gasteiger partial charge on any atom is 0.253 e. The molecular formula is C20H21N3O4S2. The van der Waals surface area contributed by atoms with Crippen molar-refractivity contribution in [3.63, 3.8) is 0 Å². The van der Waals surface area contributed by atoms with Gasteiger partial charge in [0.05, 0.1) is 15.8 Å². The first-order valence-corrected chi connectivity index (χ1v) is 11.8. The minimum atomic E-state index is -3.81. The lowest BCUT2D eigenvalue weighted by Crippen LogP contribution is -2.44. The van der Waals surface area contributed by atoms with E-state index in [4.69, 9.17) is 0 Å². The average molecular weight is 432 g/mol. The first-order chi connectivity index (χ1) is 13.9. The third kappa shape index (κ3) is 5.72. The second kappa shape index (κ2) is 9.29. The van der Waals surface area contributed by atoms with Gasteiger partial charge in [-0.1, -0.05) is 66.7 Å². The van der Waals surface area contributed by atoms with Crippen molar-refractivity contribution in [2.75, 3.05) is 6.54 Å². The molecule has 9 heteroatoms.